The molecule has 2 aromatic rings. The number of amides is 1. The van der Waals surface area contributed by atoms with Gasteiger partial charge >= 0.3 is 18.1 Å². The quantitative estimate of drug-likeness (QED) is 0.216. The second kappa shape index (κ2) is 15.2. The Morgan fingerprint density at radius 2 is 1.62 bits per heavy atom. The molecular weight excluding hydrogens is 709 g/mol. The van der Waals surface area contributed by atoms with Crippen LogP contribution in [0, 0.1) is 11.7 Å². The van der Waals surface area contributed by atoms with Gasteiger partial charge in [0.05, 0.1) is 16.1 Å². The summed E-state index contributed by atoms with van der Waals surface area (Å²) in [6.07, 6.45) is 4.28. The number of nitrogens with zero attached hydrogens (tertiary/aromatic N) is 5. The van der Waals surface area contributed by atoms with Crippen molar-refractivity contribution in [3.8, 4) is 6.01 Å². The highest BCUT2D eigenvalue weighted by Crippen LogP contribution is 2.38. The van der Waals surface area contributed by atoms with Gasteiger partial charge in [0.1, 0.15) is 35.2 Å². The summed E-state index contributed by atoms with van der Waals surface area (Å²) in [5.41, 5.74) is -0.984. The molecule has 3 heterocycles. The largest absolute Gasteiger partial charge is 0.458 e. The molecule has 0 radical (unpaired) electrons. The van der Waals surface area contributed by atoms with Crippen LogP contribution in [0.15, 0.2) is 10.5 Å². The maximum absolute atomic E-state index is 15.6. The van der Waals surface area contributed by atoms with Crippen molar-refractivity contribution in [1.82, 2.24) is 19.8 Å². The summed E-state index contributed by atoms with van der Waals surface area (Å²) in [4.78, 5) is 40.2. The van der Waals surface area contributed by atoms with Crippen molar-refractivity contribution < 1.29 is 32.9 Å². The van der Waals surface area contributed by atoms with E-state index >= 15 is 4.39 Å². The van der Waals surface area contributed by atoms with E-state index in [-0.39, 0.29) is 51.8 Å². The Morgan fingerprint density at radius 1 is 0.958 bits per heavy atom. The summed E-state index contributed by atoms with van der Waals surface area (Å²) in [6.45, 7) is 15.2. The van der Waals surface area contributed by atoms with Gasteiger partial charge in [-0.3, -0.25) is 4.90 Å². The highest BCUT2D eigenvalue weighted by molar-refractivity contribution is 9.10. The third-order valence-corrected chi connectivity index (χ3v) is 10.1. The lowest BCUT2D eigenvalue weighted by Gasteiger charge is -2.38. The molecule has 2 atom stereocenters. The third kappa shape index (κ3) is 9.39. The first-order chi connectivity index (χ1) is 22.6. The van der Waals surface area contributed by atoms with Gasteiger partial charge in [-0.15, -0.1) is 0 Å². The minimum Gasteiger partial charge on any atom is -0.458 e. The molecule has 3 fully saturated rings. The predicted octanol–water partition coefficient (Wildman–Crippen LogP) is 6.61. The van der Waals surface area contributed by atoms with Crippen molar-refractivity contribution in [3.63, 3.8) is 0 Å². The van der Waals surface area contributed by atoms with E-state index in [4.69, 9.17) is 35.5 Å². The Kier molecular flexibility index (Phi) is 11.6. The van der Waals surface area contributed by atoms with Crippen LogP contribution in [0.1, 0.15) is 73.6 Å². The molecule has 1 aromatic heterocycles. The second-order valence-corrected chi connectivity index (χ2v) is 16.1. The fourth-order valence-electron chi connectivity index (χ4n) is 6.59. The van der Waals surface area contributed by atoms with E-state index in [0.29, 0.717) is 49.9 Å². The van der Waals surface area contributed by atoms with Gasteiger partial charge in [-0.1, -0.05) is 11.6 Å². The second-order valence-electron chi connectivity index (χ2n) is 14.9. The molecule has 1 aliphatic carbocycles. The normalized spacial score (nSPS) is 21.5. The number of carbonyl (C=O) groups is 2. The van der Waals surface area contributed by atoms with Gasteiger partial charge in [0.2, 0.25) is 0 Å². The molecule has 1 amide bonds. The molecule has 1 saturated carbocycles. The number of piperidine rings is 1. The van der Waals surface area contributed by atoms with Crippen LogP contribution < -0.4 is 9.64 Å². The molecule has 0 unspecified atom stereocenters. The Morgan fingerprint density at radius 3 is 2.27 bits per heavy atom. The van der Waals surface area contributed by atoms with Crippen molar-refractivity contribution >= 4 is 56.3 Å². The molecule has 0 bridgehead atoms. The van der Waals surface area contributed by atoms with Crippen molar-refractivity contribution in [1.29, 1.82) is 0 Å². The van der Waals surface area contributed by atoms with Gasteiger partial charge in [-0.25, -0.2) is 14.0 Å². The molecule has 0 spiro atoms. The number of aromatic nitrogens is 2. The molecule has 14 heteroatoms. The Bertz CT molecular complexity index is 1470. The van der Waals surface area contributed by atoms with Gasteiger partial charge in [0.15, 0.2) is 5.82 Å². The van der Waals surface area contributed by atoms with Gasteiger partial charge in [0.25, 0.3) is 0 Å². The monoisotopic (exact) mass is 755 g/mol. The van der Waals surface area contributed by atoms with E-state index in [1.165, 1.54) is 0 Å². The molecular formula is C34H48BrClFN5O6. The minimum absolute atomic E-state index is 0.0352. The number of hydrogen-bond acceptors (Lipinski definition) is 10. The predicted molar refractivity (Wildman–Crippen MR) is 185 cm³/mol. The van der Waals surface area contributed by atoms with E-state index in [9.17, 15) is 9.59 Å². The fraction of sp³-hybridized carbons (Fsp3) is 0.706. The zero-order valence-corrected chi connectivity index (χ0v) is 31.2. The van der Waals surface area contributed by atoms with Crippen molar-refractivity contribution in [2.75, 3.05) is 57.4 Å². The van der Waals surface area contributed by atoms with Crippen LogP contribution in [0.3, 0.4) is 0 Å². The summed E-state index contributed by atoms with van der Waals surface area (Å²) >= 11 is 9.66. The number of benzene rings is 1. The first-order valence-corrected chi connectivity index (χ1v) is 18.0. The van der Waals surface area contributed by atoms with Crippen molar-refractivity contribution in [3.05, 3.63) is 21.4 Å². The Hall–Kier alpha value is -2.48. The average Bonchev–Trinajstić information content (AvgIpc) is 3.47. The maximum Gasteiger partial charge on any atom is 0.410 e. The van der Waals surface area contributed by atoms with Gasteiger partial charge < -0.3 is 28.7 Å². The number of halogens is 3. The molecule has 2 aliphatic heterocycles. The summed E-state index contributed by atoms with van der Waals surface area (Å²) in [5.74, 6) is -0.0191. The SMILES string of the molecule is CC(C)(C)OC(=O)COCC1CCN([C@@H]2CCC[C@H]2Oc2nc(N3CCN(C(=O)OC(C)(C)C)CC3)c3cc(Cl)c(Br)c(F)c3n2)CC1. The Balaban J connectivity index is 1.25. The van der Waals surface area contributed by atoms with Crippen LogP contribution in [0.2, 0.25) is 5.02 Å². The third-order valence-electron chi connectivity index (χ3n) is 8.80. The van der Waals surface area contributed by atoms with Crippen LogP contribution >= 0.6 is 27.5 Å². The minimum atomic E-state index is -0.587. The lowest BCUT2D eigenvalue weighted by atomic mass is 9.96. The number of rotatable bonds is 8. The summed E-state index contributed by atoms with van der Waals surface area (Å²) in [7, 11) is 0. The van der Waals surface area contributed by atoms with E-state index < -0.39 is 17.0 Å². The number of ether oxygens (including phenoxy) is 4. The maximum atomic E-state index is 15.6. The molecule has 2 saturated heterocycles. The van der Waals surface area contributed by atoms with Crippen molar-refractivity contribution in [2.45, 2.75) is 97.0 Å². The first-order valence-electron chi connectivity index (χ1n) is 16.9. The van der Waals surface area contributed by atoms with Gasteiger partial charge in [0, 0.05) is 37.6 Å². The molecule has 3 aliphatic rings. The topological polar surface area (TPSA) is 107 Å². The van der Waals surface area contributed by atoms with E-state index in [0.717, 1.165) is 45.2 Å². The number of piperazine rings is 1. The van der Waals surface area contributed by atoms with Crippen LogP contribution in [-0.2, 0) is 19.0 Å². The zero-order valence-electron chi connectivity index (χ0n) is 28.8. The van der Waals surface area contributed by atoms with Crippen LogP contribution in [0.4, 0.5) is 15.0 Å². The smallest absolute Gasteiger partial charge is 0.410 e. The first kappa shape index (κ1) is 36.8. The molecule has 1 aromatic carbocycles. The van der Waals surface area contributed by atoms with E-state index in [1.54, 1.807) is 11.0 Å². The summed E-state index contributed by atoms with van der Waals surface area (Å²) < 4.78 is 38.9. The number of esters is 1. The summed E-state index contributed by atoms with van der Waals surface area (Å²) in [5, 5.41) is 0.707. The highest BCUT2D eigenvalue weighted by atomic mass is 79.9. The van der Waals surface area contributed by atoms with E-state index in [1.807, 2.05) is 46.4 Å². The number of anilines is 1. The van der Waals surface area contributed by atoms with E-state index in [2.05, 4.69) is 25.8 Å². The zero-order chi connectivity index (χ0) is 34.8. The number of hydrogen-bond donors (Lipinski definition) is 0. The Labute approximate surface area is 295 Å². The lowest BCUT2D eigenvalue weighted by molar-refractivity contribution is -0.160. The molecule has 266 valence electrons. The van der Waals surface area contributed by atoms with Gasteiger partial charge in [-0.2, -0.15) is 9.97 Å². The van der Waals surface area contributed by atoms with Crippen LogP contribution in [0.25, 0.3) is 10.9 Å². The van der Waals surface area contributed by atoms with Crippen LogP contribution in [0.5, 0.6) is 6.01 Å². The molecule has 11 nitrogen and oxygen atoms in total. The number of fused-ring (bicyclic) bond motifs is 1. The lowest BCUT2D eigenvalue weighted by Crippen LogP contribution is -2.50. The van der Waals surface area contributed by atoms with Crippen molar-refractivity contribution in [2.24, 2.45) is 5.92 Å². The number of carbonyl (C=O) groups excluding carboxylic acids is 2. The number of likely N-dealkylation sites (tertiary alicyclic amines) is 1. The van der Waals surface area contributed by atoms with Gasteiger partial charge in [-0.05, 0) is 115 Å². The standard InChI is InChI=1S/C34H48BrClFN5O6/c1-33(2,3)47-26(43)20-45-19-21-10-12-40(13-11-21)24-8-7-9-25(24)46-31-38-29-22(18-23(36)27(35)28(29)37)30(39-31)41-14-16-42(17-15-41)32(44)48-34(4,5)6/h18,21,24-25H,7-17,19-20H2,1-6H3/t24-,25-/m1/s1. The summed E-state index contributed by atoms with van der Waals surface area (Å²) in [6, 6.07) is 1.99. The van der Waals surface area contributed by atoms with Crippen LogP contribution in [-0.4, -0.2) is 108 Å². The molecule has 5 rings (SSSR count). The molecule has 0 N–H and O–H groups in total. The average molecular weight is 757 g/mol. The molecule has 48 heavy (non-hydrogen) atoms. The highest BCUT2D eigenvalue weighted by Gasteiger charge is 2.37. The fourth-order valence-corrected chi connectivity index (χ4v) is 7.08.